The van der Waals surface area contributed by atoms with Gasteiger partial charge >= 0.3 is 5.69 Å². The van der Waals surface area contributed by atoms with Gasteiger partial charge in [-0.15, -0.1) is 11.6 Å². The molecule has 92 valence electrons. The molecule has 2 rings (SSSR count). The summed E-state index contributed by atoms with van der Waals surface area (Å²) >= 11 is 5.72. The molecular formula is C13H10ClNO3. The second-order valence-corrected chi connectivity index (χ2v) is 3.88. The molecule has 5 heteroatoms. The number of ether oxygens (including phenoxy) is 1. The first kappa shape index (κ1) is 12.4. The van der Waals surface area contributed by atoms with Gasteiger partial charge in [0.25, 0.3) is 0 Å². The van der Waals surface area contributed by atoms with Gasteiger partial charge < -0.3 is 4.74 Å². The van der Waals surface area contributed by atoms with Crippen LogP contribution in [0.2, 0.25) is 0 Å². The van der Waals surface area contributed by atoms with Gasteiger partial charge in [-0.05, 0) is 23.8 Å². The fourth-order valence-electron chi connectivity index (χ4n) is 1.51. The van der Waals surface area contributed by atoms with Crippen LogP contribution in [-0.2, 0) is 5.88 Å². The van der Waals surface area contributed by atoms with Gasteiger partial charge in [0.1, 0.15) is 5.75 Å². The van der Waals surface area contributed by atoms with Crippen molar-refractivity contribution >= 4 is 17.3 Å². The number of hydrogen-bond donors (Lipinski definition) is 0. The molecule has 0 saturated carbocycles. The predicted octanol–water partition coefficient (Wildman–Crippen LogP) is 4.13. The molecule has 0 spiro atoms. The van der Waals surface area contributed by atoms with Crippen LogP contribution < -0.4 is 4.74 Å². The molecule has 2 aromatic carbocycles. The molecule has 0 fully saturated rings. The lowest BCUT2D eigenvalue weighted by Gasteiger charge is -2.06. The van der Waals surface area contributed by atoms with Crippen molar-refractivity contribution in [1.82, 2.24) is 0 Å². The van der Waals surface area contributed by atoms with Gasteiger partial charge in [-0.2, -0.15) is 0 Å². The Labute approximate surface area is 109 Å². The van der Waals surface area contributed by atoms with Crippen LogP contribution in [0.4, 0.5) is 5.69 Å². The van der Waals surface area contributed by atoms with Crippen molar-refractivity contribution in [2.75, 3.05) is 0 Å². The van der Waals surface area contributed by atoms with Gasteiger partial charge in [-0.25, -0.2) is 0 Å². The van der Waals surface area contributed by atoms with Crippen molar-refractivity contribution in [2.24, 2.45) is 0 Å². The minimum absolute atomic E-state index is 0.0613. The number of hydrogen-bond acceptors (Lipinski definition) is 3. The van der Waals surface area contributed by atoms with Gasteiger partial charge in [-0.1, -0.05) is 24.3 Å². The molecule has 0 aliphatic rings. The number of alkyl halides is 1. The van der Waals surface area contributed by atoms with Crippen LogP contribution in [0.3, 0.4) is 0 Å². The van der Waals surface area contributed by atoms with E-state index in [1.54, 1.807) is 36.4 Å². The Morgan fingerprint density at radius 1 is 1.17 bits per heavy atom. The second kappa shape index (κ2) is 5.51. The molecule has 0 aliphatic carbocycles. The molecular weight excluding hydrogens is 254 g/mol. The summed E-state index contributed by atoms with van der Waals surface area (Å²) in [6.07, 6.45) is 0. The van der Waals surface area contributed by atoms with E-state index >= 15 is 0 Å². The number of benzene rings is 2. The quantitative estimate of drug-likeness (QED) is 0.473. The Balaban J connectivity index is 2.31. The molecule has 0 aliphatic heterocycles. The predicted molar refractivity (Wildman–Crippen MR) is 69.2 cm³/mol. The Morgan fingerprint density at radius 2 is 1.94 bits per heavy atom. The molecule has 0 amide bonds. The van der Waals surface area contributed by atoms with Crippen LogP contribution in [0.25, 0.3) is 0 Å². The summed E-state index contributed by atoms with van der Waals surface area (Å²) in [5.74, 6) is 1.12. The normalized spacial score (nSPS) is 10.1. The van der Waals surface area contributed by atoms with E-state index in [2.05, 4.69) is 0 Å². The highest BCUT2D eigenvalue weighted by atomic mass is 35.5. The maximum Gasteiger partial charge on any atom is 0.311 e. The summed E-state index contributed by atoms with van der Waals surface area (Å²) < 4.78 is 5.51. The average Bonchev–Trinajstić information content (AvgIpc) is 2.39. The molecule has 0 unspecified atom stereocenters. The highest BCUT2D eigenvalue weighted by molar-refractivity contribution is 6.17. The van der Waals surface area contributed by atoms with E-state index in [0.29, 0.717) is 11.6 Å². The fraction of sp³-hybridized carbons (Fsp3) is 0.0769. The van der Waals surface area contributed by atoms with Crippen molar-refractivity contribution in [2.45, 2.75) is 5.88 Å². The van der Waals surface area contributed by atoms with E-state index in [1.165, 1.54) is 6.07 Å². The zero-order chi connectivity index (χ0) is 13.0. The monoisotopic (exact) mass is 263 g/mol. The highest BCUT2D eigenvalue weighted by Gasteiger charge is 2.14. The SMILES string of the molecule is O=[N+]([O-])c1ccccc1Oc1cccc(CCl)c1. The first-order valence-corrected chi connectivity index (χ1v) is 5.80. The number of rotatable bonds is 4. The zero-order valence-corrected chi connectivity index (χ0v) is 10.1. The summed E-state index contributed by atoms with van der Waals surface area (Å²) in [5, 5.41) is 10.8. The lowest BCUT2D eigenvalue weighted by Crippen LogP contribution is -1.93. The molecule has 0 bridgehead atoms. The van der Waals surface area contributed by atoms with Gasteiger partial charge in [-0.3, -0.25) is 10.1 Å². The van der Waals surface area contributed by atoms with Crippen molar-refractivity contribution in [3.05, 3.63) is 64.2 Å². The standard InChI is InChI=1S/C13H10ClNO3/c14-9-10-4-3-5-11(8-10)18-13-7-2-1-6-12(13)15(16)17/h1-8H,9H2. The van der Waals surface area contributed by atoms with Crippen LogP contribution in [0.1, 0.15) is 5.56 Å². The number of nitro groups is 1. The molecule has 0 atom stereocenters. The van der Waals surface area contributed by atoms with Crippen molar-refractivity contribution in [1.29, 1.82) is 0 Å². The molecule has 0 radical (unpaired) electrons. The van der Waals surface area contributed by atoms with Gasteiger partial charge in [0, 0.05) is 11.9 Å². The van der Waals surface area contributed by atoms with Crippen LogP contribution >= 0.6 is 11.6 Å². The van der Waals surface area contributed by atoms with Crippen LogP contribution in [0.15, 0.2) is 48.5 Å². The molecule has 0 saturated heterocycles. The first-order chi connectivity index (χ1) is 8.70. The van der Waals surface area contributed by atoms with Crippen LogP contribution in [-0.4, -0.2) is 4.92 Å². The molecule has 2 aromatic rings. The summed E-state index contributed by atoms with van der Waals surface area (Å²) in [6, 6.07) is 13.4. The van der Waals surface area contributed by atoms with Gasteiger partial charge in [0.05, 0.1) is 4.92 Å². The van der Waals surface area contributed by atoms with Crippen molar-refractivity contribution in [3.8, 4) is 11.5 Å². The Morgan fingerprint density at radius 3 is 2.67 bits per heavy atom. The van der Waals surface area contributed by atoms with E-state index in [1.807, 2.05) is 6.07 Å². The van der Waals surface area contributed by atoms with Crippen molar-refractivity contribution < 1.29 is 9.66 Å². The largest absolute Gasteiger partial charge is 0.450 e. The Hall–Kier alpha value is -2.07. The minimum Gasteiger partial charge on any atom is -0.450 e. The van der Waals surface area contributed by atoms with Crippen LogP contribution in [0.5, 0.6) is 11.5 Å². The van der Waals surface area contributed by atoms with E-state index in [9.17, 15) is 10.1 Å². The van der Waals surface area contributed by atoms with Gasteiger partial charge in [0.15, 0.2) is 0 Å². The number of halogens is 1. The maximum absolute atomic E-state index is 10.8. The van der Waals surface area contributed by atoms with E-state index in [0.717, 1.165) is 5.56 Å². The molecule has 18 heavy (non-hydrogen) atoms. The van der Waals surface area contributed by atoms with E-state index in [4.69, 9.17) is 16.3 Å². The third-order valence-electron chi connectivity index (χ3n) is 2.34. The Bertz CT molecular complexity index is 572. The maximum atomic E-state index is 10.8. The third-order valence-corrected chi connectivity index (χ3v) is 2.65. The summed E-state index contributed by atoms with van der Waals surface area (Å²) in [4.78, 5) is 10.4. The number of nitrogens with zero attached hydrogens (tertiary/aromatic N) is 1. The first-order valence-electron chi connectivity index (χ1n) is 5.27. The third kappa shape index (κ3) is 2.78. The second-order valence-electron chi connectivity index (χ2n) is 3.61. The topological polar surface area (TPSA) is 52.4 Å². The lowest BCUT2D eigenvalue weighted by molar-refractivity contribution is -0.385. The molecule has 0 aromatic heterocycles. The average molecular weight is 264 g/mol. The summed E-state index contributed by atoms with van der Waals surface area (Å²) in [6.45, 7) is 0. The molecule has 0 heterocycles. The fourth-order valence-corrected chi connectivity index (χ4v) is 1.68. The number of para-hydroxylation sites is 2. The minimum atomic E-state index is -0.471. The summed E-state index contributed by atoms with van der Waals surface area (Å²) in [7, 11) is 0. The zero-order valence-electron chi connectivity index (χ0n) is 9.38. The molecule has 0 N–H and O–H groups in total. The Kier molecular flexibility index (Phi) is 3.79. The van der Waals surface area contributed by atoms with Crippen LogP contribution in [0, 0.1) is 10.1 Å². The summed E-state index contributed by atoms with van der Waals surface area (Å²) in [5.41, 5.74) is 0.835. The highest BCUT2D eigenvalue weighted by Crippen LogP contribution is 2.31. The van der Waals surface area contributed by atoms with Gasteiger partial charge in [0.2, 0.25) is 5.75 Å². The molecule has 4 nitrogen and oxygen atoms in total. The van der Waals surface area contributed by atoms with Crippen molar-refractivity contribution in [3.63, 3.8) is 0 Å². The lowest BCUT2D eigenvalue weighted by atomic mass is 10.2. The smallest absolute Gasteiger partial charge is 0.311 e. The van der Waals surface area contributed by atoms with E-state index in [-0.39, 0.29) is 11.4 Å². The number of nitro benzene ring substituents is 1. The van der Waals surface area contributed by atoms with E-state index < -0.39 is 4.92 Å².